The molecule has 0 aromatic carbocycles. The van der Waals surface area contributed by atoms with E-state index in [1.165, 1.54) is 0 Å². The molecule has 0 aliphatic carbocycles. The minimum absolute atomic E-state index is 0.619. The van der Waals surface area contributed by atoms with Crippen molar-refractivity contribution in [3.05, 3.63) is 36.0 Å². The quantitative estimate of drug-likeness (QED) is 0.825. The Labute approximate surface area is 112 Å². The maximum atomic E-state index is 4.37. The van der Waals surface area contributed by atoms with Crippen molar-refractivity contribution in [1.82, 2.24) is 19.9 Å². The topological polar surface area (TPSA) is 75.6 Å². The Morgan fingerprint density at radius 2 is 1.89 bits per heavy atom. The predicted molar refractivity (Wildman–Crippen MR) is 74.9 cm³/mol. The Kier molecular flexibility index (Phi) is 4.60. The molecule has 100 valence electrons. The van der Waals surface area contributed by atoms with Crippen LogP contribution in [0.1, 0.15) is 24.9 Å². The van der Waals surface area contributed by atoms with Crippen molar-refractivity contribution in [2.24, 2.45) is 0 Å². The van der Waals surface area contributed by atoms with Crippen LogP contribution in [-0.4, -0.2) is 26.5 Å². The molecule has 0 amide bonds. The van der Waals surface area contributed by atoms with Crippen molar-refractivity contribution in [3.63, 3.8) is 0 Å². The van der Waals surface area contributed by atoms with E-state index in [4.69, 9.17) is 0 Å². The number of rotatable bonds is 6. The van der Waals surface area contributed by atoms with E-state index in [1.807, 2.05) is 19.1 Å². The highest BCUT2D eigenvalue weighted by Crippen LogP contribution is 2.07. The number of aromatic nitrogens is 4. The Bertz CT molecular complexity index is 528. The van der Waals surface area contributed by atoms with E-state index < -0.39 is 0 Å². The fraction of sp³-hybridized carbons (Fsp3) is 0.385. The van der Waals surface area contributed by atoms with Crippen molar-refractivity contribution >= 4 is 11.8 Å². The van der Waals surface area contributed by atoms with Gasteiger partial charge in [-0.15, -0.1) is 0 Å². The minimum atomic E-state index is 0.619. The van der Waals surface area contributed by atoms with Crippen molar-refractivity contribution in [1.29, 1.82) is 0 Å². The average molecular weight is 258 g/mol. The van der Waals surface area contributed by atoms with Crippen LogP contribution in [0.4, 0.5) is 11.8 Å². The molecule has 0 aliphatic heterocycles. The molecule has 0 bridgehead atoms. The van der Waals surface area contributed by atoms with Gasteiger partial charge >= 0.3 is 0 Å². The van der Waals surface area contributed by atoms with E-state index in [0.717, 1.165) is 30.3 Å². The lowest BCUT2D eigenvalue weighted by Crippen LogP contribution is -2.08. The summed E-state index contributed by atoms with van der Waals surface area (Å²) in [6.45, 7) is 5.47. The fourth-order valence-electron chi connectivity index (χ4n) is 1.56. The molecule has 2 aromatic heterocycles. The lowest BCUT2D eigenvalue weighted by Gasteiger charge is -2.07. The first kappa shape index (κ1) is 13.2. The molecule has 0 atom stereocenters. The first-order valence-electron chi connectivity index (χ1n) is 6.37. The van der Waals surface area contributed by atoms with Crippen LogP contribution in [0.5, 0.6) is 0 Å². The zero-order chi connectivity index (χ0) is 13.5. The van der Waals surface area contributed by atoms with Gasteiger partial charge in [-0.25, -0.2) is 15.0 Å². The van der Waals surface area contributed by atoms with Crippen molar-refractivity contribution in [3.8, 4) is 0 Å². The molecule has 2 aromatic rings. The zero-order valence-corrected chi connectivity index (χ0v) is 11.2. The van der Waals surface area contributed by atoms with Crippen LogP contribution in [0.3, 0.4) is 0 Å². The third kappa shape index (κ3) is 4.17. The second-order valence-corrected chi connectivity index (χ2v) is 4.14. The van der Waals surface area contributed by atoms with Gasteiger partial charge in [0.25, 0.3) is 0 Å². The first-order chi connectivity index (χ1) is 9.28. The summed E-state index contributed by atoms with van der Waals surface area (Å²) in [5, 5.41) is 6.38. The van der Waals surface area contributed by atoms with Crippen LogP contribution in [-0.2, 0) is 6.54 Å². The Hall–Kier alpha value is -2.24. The molecule has 0 saturated carbocycles. The molecule has 6 nitrogen and oxygen atoms in total. The van der Waals surface area contributed by atoms with Gasteiger partial charge in [0.1, 0.15) is 11.6 Å². The SMILES string of the molecule is CCCNc1nccc(NCc2ccnc(C)n2)n1. The van der Waals surface area contributed by atoms with Gasteiger partial charge in [-0.1, -0.05) is 6.92 Å². The van der Waals surface area contributed by atoms with Gasteiger partial charge in [0.2, 0.25) is 5.95 Å². The summed E-state index contributed by atoms with van der Waals surface area (Å²) < 4.78 is 0. The molecule has 0 saturated heterocycles. The number of anilines is 2. The van der Waals surface area contributed by atoms with E-state index in [9.17, 15) is 0 Å². The highest BCUT2D eigenvalue weighted by molar-refractivity contribution is 5.39. The normalized spacial score (nSPS) is 10.2. The van der Waals surface area contributed by atoms with Crippen LogP contribution in [0, 0.1) is 6.92 Å². The Morgan fingerprint density at radius 1 is 1.05 bits per heavy atom. The lowest BCUT2D eigenvalue weighted by atomic mass is 10.4. The van der Waals surface area contributed by atoms with Gasteiger partial charge in [0.15, 0.2) is 0 Å². The van der Waals surface area contributed by atoms with E-state index in [2.05, 4.69) is 37.5 Å². The van der Waals surface area contributed by atoms with Gasteiger partial charge in [0, 0.05) is 18.9 Å². The summed E-state index contributed by atoms with van der Waals surface area (Å²) >= 11 is 0. The lowest BCUT2D eigenvalue weighted by molar-refractivity contribution is 0.936. The molecule has 0 aliphatic rings. The summed E-state index contributed by atoms with van der Waals surface area (Å²) in [7, 11) is 0. The van der Waals surface area contributed by atoms with Crippen LogP contribution < -0.4 is 10.6 Å². The fourth-order valence-corrected chi connectivity index (χ4v) is 1.56. The van der Waals surface area contributed by atoms with E-state index in [1.54, 1.807) is 12.4 Å². The smallest absolute Gasteiger partial charge is 0.224 e. The standard InChI is InChI=1S/C13H18N6/c1-3-6-15-13-16-8-5-12(19-13)17-9-11-4-7-14-10(2)18-11/h4-5,7-8H,3,6,9H2,1-2H3,(H2,15,16,17,19). The minimum Gasteiger partial charge on any atom is -0.364 e. The van der Waals surface area contributed by atoms with Crippen LogP contribution in [0.25, 0.3) is 0 Å². The second-order valence-electron chi connectivity index (χ2n) is 4.14. The Morgan fingerprint density at radius 3 is 2.68 bits per heavy atom. The average Bonchev–Trinajstić information content (AvgIpc) is 2.43. The molecule has 2 N–H and O–H groups in total. The van der Waals surface area contributed by atoms with E-state index >= 15 is 0 Å². The number of aryl methyl sites for hydroxylation is 1. The first-order valence-corrected chi connectivity index (χ1v) is 6.37. The van der Waals surface area contributed by atoms with Crippen molar-refractivity contribution < 1.29 is 0 Å². The maximum absolute atomic E-state index is 4.37. The van der Waals surface area contributed by atoms with Gasteiger partial charge in [-0.3, -0.25) is 0 Å². The number of nitrogens with zero attached hydrogens (tertiary/aromatic N) is 4. The largest absolute Gasteiger partial charge is 0.364 e. The third-order valence-electron chi connectivity index (χ3n) is 2.47. The monoisotopic (exact) mass is 258 g/mol. The zero-order valence-electron chi connectivity index (χ0n) is 11.2. The molecular formula is C13H18N6. The predicted octanol–water partition coefficient (Wildman–Crippen LogP) is 2.01. The molecule has 6 heteroatoms. The number of nitrogens with one attached hydrogen (secondary N) is 2. The Balaban J connectivity index is 1.95. The van der Waals surface area contributed by atoms with E-state index in [0.29, 0.717) is 12.5 Å². The molecular weight excluding hydrogens is 240 g/mol. The molecule has 19 heavy (non-hydrogen) atoms. The maximum Gasteiger partial charge on any atom is 0.224 e. The van der Waals surface area contributed by atoms with Gasteiger partial charge in [-0.2, -0.15) is 4.98 Å². The summed E-state index contributed by atoms with van der Waals surface area (Å²) in [5.74, 6) is 2.20. The number of hydrogen-bond acceptors (Lipinski definition) is 6. The summed E-state index contributed by atoms with van der Waals surface area (Å²) in [5.41, 5.74) is 0.939. The molecule has 2 heterocycles. The van der Waals surface area contributed by atoms with Crippen molar-refractivity contribution in [2.75, 3.05) is 17.2 Å². The van der Waals surface area contributed by atoms with Gasteiger partial charge < -0.3 is 10.6 Å². The number of hydrogen-bond donors (Lipinski definition) is 2. The van der Waals surface area contributed by atoms with E-state index in [-0.39, 0.29) is 0 Å². The van der Waals surface area contributed by atoms with Crippen LogP contribution >= 0.6 is 0 Å². The molecule has 0 spiro atoms. The van der Waals surface area contributed by atoms with Crippen LogP contribution in [0.15, 0.2) is 24.5 Å². The molecule has 0 fully saturated rings. The van der Waals surface area contributed by atoms with Gasteiger partial charge in [-0.05, 0) is 25.5 Å². The third-order valence-corrected chi connectivity index (χ3v) is 2.47. The highest BCUT2D eigenvalue weighted by atomic mass is 15.1. The summed E-state index contributed by atoms with van der Waals surface area (Å²) in [6.07, 6.45) is 4.54. The summed E-state index contributed by atoms with van der Waals surface area (Å²) in [4.78, 5) is 16.9. The second kappa shape index (κ2) is 6.63. The summed E-state index contributed by atoms with van der Waals surface area (Å²) in [6, 6.07) is 3.72. The molecule has 0 unspecified atom stereocenters. The molecule has 0 radical (unpaired) electrons. The molecule has 2 rings (SSSR count). The van der Waals surface area contributed by atoms with Crippen molar-refractivity contribution in [2.45, 2.75) is 26.8 Å². The van der Waals surface area contributed by atoms with Crippen LogP contribution in [0.2, 0.25) is 0 Å². The highest BCUT2D eigenvalue weighted by Gasteiger charge is 2.00. The van der Waals surface area contributed by atoms with Gasteiger partial charge in [0.05, 0.1) is 12.2 Å².